The largest absolute Gasteiger partial charge is 0.473 e. The van der Waals surface area contributed by atoms with E-state index in [2.05, 4.69) is 17.1 Å². The van der Waals surface area contributed by atoms with Crippen LogP contribution in [0.1, 0.15) is 28.8 Å². The summed E-state index contributed by atoms with van der Waals surface area (Å²) < 4.78 is 10.1. The molecule has 1 amide bonds. The number of ether oxygens (including phenoxy) is 2. The molecule has 2 saturated heterocycles. The van der Waals surface area contributed by atoms with Gasteiger partial charge in [-0.2, -0.15) is 0 Å². The molecule has 10 nitrogen and oxygen atoms in total. The van der Waals surface area contributed by atoms with Crippen molar-refractivity contribution in [2.24, 2.45) is 5.92 Å². The second kappa shape index (κ2) is 13.3. The van der Waals surface area contributed by atoms with Crippen LogP contribution in [0.5, 0.6) is 0 Å². The third-order valence-electron chi connectivity index (χ3n) is 5.41. The molecule has 0 aliphatic carbocycles. The summed E-state index contributed by atoms with van der Waals surface area (Å²) in [6, 6.07) is 7.42. The van der Waals surface area contributed by atoms with Crippen molar-refractivity contribution < 1.29 is 38.9 Å². The van der Waals surface area contributed by atoms with E-state index in [9.17, 15) is 9.59 Å². The van der Waals surface area contributed by atoms with E-state index in [4.69, 9.17) is 29.3 Å². The number of piperidine rings is 1. The Morgan fingerprint density at radius 1 is 1.06 bits per heavy atom. The molecule has 2 fully saturated rings. The maximum Gasteiger partial charge on any atom is 0.414 e. The molecule has 1 aromatic rings. The number of amides is 1. The number of carbonyl (C=O) groups excluding carboxylic acids is 2. The van der Waals surface area contributed by atoms with Crippen molar-refractivity contribution in [1.29, 1.82) is 0 Å². The van der Waals surface area contributed by atoms with Crippen LogP contribution in [0.2, 0.25) is 0 Å². The minimum atomic E-state index is -1.82. The van der Waals surface area contributed by atoms with Gasteiger partial charge in [-0.15, -0.1) is 0 Å². The van der Waals surface area contributed by atoms with Gasteiger partial charge in [0.2, 0.25) is 5.91 Å². The second-order valence-corrected chi connectivity index (χ2v) is 7.69. The molecule has 2 aliphatic rings. The number of benzene rings is 1. The zero-order chi connectivity index (χ0) is 24.2. The van der Waals surface area contributed by atoms with Gasteiger partial charge in [0, 0.05) is 26.2 Å². The maximum absolute atomic E-state index is 12.5. The van der Waals surface area contributed by atoms with E-state index in [0.717, 1.165) is 57.8 Å². The number of rotatable bonds is 5. The molecule has 0 atom stereocenters. The van der Waals surface area contributed by atoms with Gasteiger partial charge in [0.05, 0.1) is 32.4 Å². The number of carboxylic acid groups (broad SMARTS) is 2. The number of hydrogen-bond acceptors (Lipinski definition) is 7. The minimum Gasteiger partial charge on any atom is -0.473 e. The van der Waals surface area contributed by atoms with Crippen molar-refractivity contribution in [3.63, 3.8) is 0 Å². The number of likely N-dealkylation sites (tertiary alicyclic amines) is 1. The molecule has 10 heteroatoms. The molecule has 0 bridgehead atoms. The standard InChI is InChI=1S/C21H28N2O4.C2H2O4/c1-26-21(25)19-4-2-3-18(15-19)6-5-17-7-9-23(10-8-17)20(24)16-22-11-13-27-14-12-22;3-1(4)2(5)6/h2-6,15,17H,7-14,16H2,1H3;(H,3,4)(H,5,6)/b6-5-;. The van der Waals surface area contributed by atoms with Crippen molar-refractivity contribution >= 4 is 29.9 Å². The van der Waals surface area contributed by atoms with Gasteiger partial charge in [0.15, 0.2) is 0 Å². The fraction of sp³-hybridized carbons (Fsp3) is 0.478. The molecule has 0 spiro atoms. The van der Waals surface area contributed by atoms with Gasteiger partial charge in [-0.05, 0) is 36.5 Å². The van der Waals surface area contributed by atoms with Gasteiger partial charge in [0.1, 0.15) is 0 Å². The number of carbonyl (C=O) groups is 4. The van der Waals surface area contributed by atoms with Gasteiger partial charge >= 0.3 is 17.9 Å². The van der Waals surface area contributed by atoms with Crippen LogP contribution < -0.4 is 0 Å². The van der Waals surface area contributed by atoms with E-state index < -0.39 is 11.9 Å². The number of hydrogen-bond donors (Lipinski definition) is 2. The van der Waals surface area contributed by atoms with Crippen LogP contribution >= 0.6 is 0 Å². The normalized spacial score (nSPS) is 17.2. The van der Waals surface area contributed by atoms with Crippen LogP contribution in [0, 0.1) is 5.92 Å². The predicted molar refractivity (Wildman–Crippen MR) is 119 cm³/mol. The Bertz CT molecular complexity index is 844. The van der Waals surface area contributed by atoms with Crippen molar-refractivity contribution in [3.8, 4) is 0 Å². The lowest BCUT2D eigenvalue weighted by molar-refractivity contribution is -0.159. The Balaban J connectivity index is 0.000000569. The first kappa shape index (κ1) is 26.0. The molecule has 0 unspecified atom stereocenters. The molecule has 2 aliphatic heterocycles. The molecule has 0 aromatic heterocycles. The molecule has 3 rings (SSSR count). The lowest BCUT2D eigenvalue weighted by Gasteiger charge is -2.33. The Kier molecular flexibility index (Phi) is 10.5. The van der Waals surface area contributed by atoms with E-state index in [0.29, 0.717) is 18.0 Å². The monoisotopic (exact) mass is 462 g/mol. The maximum atomic E-state index is 12.5. The summed E-state index contributed by atoms with van der Waals surface area (Å²) in [4.78, 5) is 46.4. The zero-order valence-corrected chi connectivity index (χ0v) is 18.6. The second-order valence-electron chi connectivity index (χ2n) is 7.69. The summed E-state index contributed by atoms with van der Waals surface area (Å²) in [6.45, 7) is 5.24. The molecule has 2 N–H and O–H groups in total. The molecule has 33 heavy (non-hydrogen) atoms. The van der Waals surface area contributed by atoms with Crippen LogP contribution in [-0.2, 0) is 23.9 Å². The summed E-state index contributed by atoms with van der Waals surface area (Å²) in [5.41, 5.74) is 1.55. The number of nitrogens with zero attached hydrogens (tertiary/aromatic N) is 2. The van der Waals surface area contributed by atoms with Crippen molar-refractivity contribution in [2.45, 2.75) is 12.8 Å². The molecule has 0 saturated carbocycles. The number of esters is 1. The van der Waals surface area contributed by atoms with Crippen LogP contribution in [0.25, 0.3) is 6.08 Å². The Morgan fingerprint density at radius 3 is 2.27 bits per heavy atom. The molecule has 0 radical (unpaired) electrons. The highest BCUT2D eigenvalue weighted by atomic mass is 16.5. The summed E-state index contributed by atoms with van der Waals surface area (Å²) in [7, 11) is 1.39. The highest BCUT2D eigenvalue weighted by Crippen LogP contribution is 2.20. The average Bonchev–Trinajstić information content (AvgIpc) is 2.83. The number of carboxylic acids is 2. The molecule has 2 heterocycles. The Hall–Kier alpha value is -3.24. The van der Waals surface area contributed by atoms with E-state index in [-0.39, 0.29) is 11.9 Å². The average molecular weight is 462 g/mol. The van der Waals surface area contributed by atoms with E-state index in [1.54, 1.807) is 6.07 Å². The van der Waals surface area contributed by atoms with Gasteiger partial charge < -0.3 is 24.6 Å². The SMILES string of the molecule is COC(=O)c1cccc(/C=C\C2CCN(C(=O)CN3CCOCC3)CC2)c1.O=C(O)C(=O)O. The molecular formula is C23H30N2O8. The summed E-state index contributed by atoms with van der Waals surface area (Å²) in [5.74, 6) is -3.29. The highest BCUT2D eigenvalue weighted by molar-refractivity contribution is 6.27. The Labute approximate surface area is 192 Å². The van der Waals surface area contributed by atoms with Crippen LogP contribution in [0.3, 0.4) is 0 Å². The first-order valence-corrected chi connectivity index (χ1v) is 10.7. The molecule has 180 valence electrons. The first-order chi connectivity index (χ1) is 15.8. The van der Waals surface area contributed by atoms with Crippen LogP contribution in [0.15, 0.2) is 30.3 Å². The van der Waals surface area contributed by atoms with Gasteiger partial charge in [0.25, 0.3) is 0 Å². The van der Waals surface area contributed by atoms with Crippen molar-refractivity contribution in [1.82, 2.24) is 9.80 Å². The third kappa shape index (κ3) is 9.03. The lowest BCUT2D eigenvalue weighted by atomic mass is 9.95. The molecule has 1 aromatic carbocycles. The fourth-order valence-electron chi connectivity index (χ4n) is 3.53. The van der Waals surface area contributed by atoms with Crippen molar-refractivity contribution in [3.05, 3.63) is 41.5 Å². The summed E-state index contributed by atoms with van der Waals surface area (Å²) in [6.07, 6.45) is 6.20. The number of methoxy groups -OCH3 is 1. The quantitative estimate of drug-likeness (QED) is 0.489. The van der Waals surface area contributed by atoms with Crippen LogP contribution in [0.4, 0.5) is 0 Å². The van der Waals surface area contributed by atoms with Crippen LogP contribution in [-0.4, -0.2) is 96.9 Å². The van der Waals surface area contributed by atoms with Gasteiger partial charge in [-0.25, -0.2) is 14.4 Å². The predicted octanol–water partition coefficient (Wildman–Crippen LogP) is 1.21. The van der Waals surface area contributed by atoms with E-state index in [1.165, 1.54) is 7.11 Å². The van der Waals surface area contributed by atoms with E-state index >= 15 is 0 Å². The minimum absolute atomic E-state index is 0.227. The third-order valence-corrected chi connectivity index (χ3v) is 5.41. The number of aliphatic carboxylic acids is 2. The van der Waals surface area contributed by atoms with Gasteiger partial charge in [-0.3, -0.25) is 9.69 Å². The first-order valence-electron chi connectivity index (χ1n) is 10.7. The highest BCUT2D eigenvalue weighted by Gasteiger charge is 2.23. The lowest BCUT2D eigenvalue weighted by Crippen LogP contribution is -2.46. The number of morpholine rings is 1. The summed E-state index contributed by atoms with van der Waals surface area (Å²) in [5, 5.41) is 14.8. The Morgan fingerprint density at radius 2 is 1.70 bits per heavy atom. The summed E-state index contributed by atoms with van der Waals surface area (Å²) >= 11 is 0. The van der Waals surface area contributed by atoms with Gasteiger partial charge in [-0.1, -0.05) is 24.3 Å². The fourth-order valence-corrected chi connectivity index (χ4v) is 3.53. The smallest absolute Gasteiger partial charge is 0.414 e. The zero-order valence-electron chi connectivity index (χ0n) is 18.6. The molecular weight excluding hydrogens is 432 g/mol. The number of allylic oxidation sites excluding steroid dienone is 1. The van der Waals surface area contributed by atoms with Crippen molar-refractivity contribution in [2.75, 3.05) is 53.0 Å². The topological polar surface area (TPSA) is 134 Å². The van der Waals surface area contributed by atoms with E-state index in [1.807, 2.05) is 23.1 Å².